The molecule has 0 saturated heterocycles. The second kappa shape index (κ2) is 2.45. The summed E-state index contributed by atoms with van der Waals surface area (Å²) in [4.78, 5) is 0. The van der Waals surface area contributed by atoms with Gasteiger partial charge in [0.25, 0.3) is 0 Å². The van der Waals surface area contributed by atoms with Crippen LogP contribution < -0.4 is 5.32 Å². The fourth-order valence-corrected chi connectivity index (χ4v) is 1.49. The van der Waals surface area contributed by atoms with E-state index in [2.05, 4.69) is 17.0 Å². The van der Waals surface area contributed by atoms with Gasteiger partial charge < -0.3 is 5.32 Å². The van der Waals surface area contributed by atoms with Gasteiger partial charge in [0.15, 0.2) is 0 Å². The smallest absolute Gasteiger partial charge is 0.0544 e. The maximum absolute atomic E-state index is 4.15. The van der Waals surface area contributed by atoms with E-state index in [1.54, 1.807) is 10.9 Å². The van der Waals surface area contributed by atoms with E-state index >= 15 is 0 Å². The van der Waals surface area contributed by atoms with E-state index < -0.39 is 0 Å². The molecule has 0 radical (unpaired) electrons. The number of hydrogen-bond donors (Lipinski definition) is 1. The van der Waals surface area contributed by atoms with Gasteiger partial charge in [0.2, 0.25) is 0 Å². The molecule has 1 aliphatic rings. The molecule has 1 saturated carbocycles. The molecule has 1 fully saturated rings. The lowest BCUT2D eigenvalue weighted by Crippen LogP contribution is -2.23. The van der Waals surface area contributed by atoms with Crippen molar-refractivity contribution in [1.82, 2.24) is 15.1 Å². The first-order chi connectivity index (χ1) is 5.80. The molecule has 1 heterocycles. The van der Waals surface area contributed by atoms with Gasteiger partial charge in [-0.1, -0.05) is 6.58 Å². The average molecular weight is 163 g/mol. The molecule has 3 nitrogen and oxygen atoms in total. The van der Waals surface area contributed by atoms with Crippen molar-refractivity contribution < 1.29 is 0 Å². The molecule has 1 aromatic heterocycles. The molecule has 0 bridgehead atoms. The number of aromatic nitrogens is 2. The van der Waals surface area contributed by atoms with Crippen molar-refractivity contribution in [3.63, 3.8) is 0 Å². The quantitative estimate of drug-likeness (QED) is 0.725. The van der Waals surface area contributed by atoms with Gasteiger partial charge >= 0.3 is 0 Å². The van der Waals surface area contributed by atoms with Crippen LogP contribution in [0.1, 0.15) is 18.4 Å². The monoisotopic (exact) mass is 163 g/mol. The minimum atomic E-state index is 0.223. The zero-order valence-corrected chi connectivity index (χ0v) is 7.25. The first kappa shape index (κ1) is 7.55. The second-order valence-corrected chi connectivity index (χ2v) is 3.22. The van der Waals surface area contributed by atoms with Gasteiger partial charge in [-0.05, 0) is 19.9 Å². The lowest BCUT2D eigenvalue weighted by atomic mass is 10.1. The number of hydrogen-bond acceptors (Lipinski definition) is 2. The molecule has 0 aromatic carbocycles. The van der Waals surface area contributed by atoms with Crippen LogP contribution in [-0.4, -0.2) is 16.8 Å². The summed E-state index contributed by atoms with van der Waals surface area (Å²) in [6.07, 6.45) is 8.07. The molecule has 2 rings (SSSR count). The predicted octanol–water partition coefficient (Wildman–Crippen LogP) is 1.19. The molecule has 1 N–H and O–H groups in total. The van der Waals surface area contributed by atoms with Gasteiger partial charge in [-0.25, -0.2) is 4.68 Å². The fourth-order valence-electron chi connectivity index (χ4n) is 1.49. The Balaban J connectivity index is 2.28. The molecule has 0 unspecified atom stereocenters. The Hall–Kier alpha value is -1.09. The lowest BCUT2D eigenvalue weighted by molar-refractivity contribution is 0.585. The van der Waals surface area contributed by atoms with Crippen LogP contribution in [0.5, 0.6) is 0 Å². The molecular formula is C9H13N3. The zero-order valence-electron chi connectivity index (χ0n) is 7.25. The molecule has 0 amide bonds. The molecule has 0 spiro atoms. The molecule has 64 valence electrons. The molecular weight excluding hydrogens is 150 g/mol. The predicted molar refractivity (Wildman–Crippen MR) is 48.6 cm³/mol. The van der Waals surface area contributed by atoms with E-state index in [9.17, 15) is 0 Å². The molecule has 1 aromatic rings. The largest absolute Gasteiger partial charge is 0.310 e. The van der Waals surface area contributed by atoms with Crippen LogP contribution in [0.15, 0.2) is 19.0 Å². The first-order valence-electron chi connectivity index (χ1n) is 4.17. The Kier molecular flexibility index (Phi) is 1.54. The van der Waals surface area contributed by atoms with Crippen molar-refractivity contribution >= 4 is 6.20 Å². The van der Waals surface area contributed by atoms with E-state index in [1.165, 1.54) is 18.4 Å². The Bertz CT molecular complexity index is 296. The van der Waals surface area contributed by atoms with Gasteiger partial charge in [-0.15, -0.1) is 0 Å². The number of rotatable bonds is 3. The first-order valence-corrected chi connectivity index (χ1v) is 4.17. The lowest BCUT2D eigenvalue weighted by Gasteiger charge is -2.09. The average Bonchev–Trinajstić information content (AvgIpc) is 2.77. The molecule has 12 heavy (non-hydrogen) atoms. The summed E-state index contributed by atoms with van der Waals surface area (Å²) in [6.45, 7) is 3.65. The standard InChI is InChI=1S/C9H13N3/c1-3-12-7-8(6-11-12)9(10-2)4-5-9/h3,6-7,10H,1,4-5H2,2H3. The second-order valence-electron chi connectivity index (χ2n) is 3.22. The van der Waals surface area contributed by atoms with E-state index in [-0.39, 0.29) is 5.54 Å². The molecule has 0 atom stereocenters. The highest BCUT2D eigenvalue weighted by atomic mass is 15.3. The summed E-state index contributed by atoms with van der Waals surface area (Å²) >= 11 is 0. The van der Waals surface area contributed by atoms with Crippen LogP contribution in [0.25, 0.3) is 6.20 Å². The molecule has 3 heteroatoms. The highest BCUT2D eigenvalue weighted by Crippen LogP contribution is 2.44. The topological polar surface area (TPSA) is 29.9 Å². The summed E-state index contributed by atoms with van der Waals surface area (Å²) in [5, 5.41) is 7.47. The third kappa shape index (κ3) is 0.975. The van der Waals surface area contributed by atoms with Crippen LogP contribution in [0.2, 0.25) is 0 Å². The summed E-state index contributed by atoms with van der Waals surface area (Å²) in [5.41, 5.74) is 1.49. The zero-order chi connectivity index (χ0) is 8.60. The van der Waals surface area contributed by atoms with Crippen LogP contribution in [0.3, 0.4) is 0 Å². The number of nitrogens with one attached hydrogen (secondary N) is 1. The molecule has 0 aliphatic heterocycles. The van der Waals surface area contributed by atoms with Crippen LogP contribution in [0.4, 0.5) is 0 Å². The maximum atomic E-state index is 4.15. The van der Waals surface area contributed by atoms with Gasteiger partial charge in [0.1, 0.15) is 0 Å². The van der Waals surface area contributed by atoms with Crippen molar-refractivity contribution in [2.75, 3.05) is 7.05 Å². The van der Waals surface area contributed by atoms with Gasteiger partial charge in [0, 0.05) is 23.5 Å². The van der Waals surface area contributed by atoms with Crippen molar-refractivity contribution in [3.05, 3.63) is 24.5 Å². The molecule has 1 aliphatic carbocycles. The Morgan fingerprint density at radius 1 is 1.75 bits per heavy atom. The van der Waals surface area contributed by atoms with Crippen LogP contribution in [0, 0.1) is 0 Å². The van der Waals surface area contributed by atoms with E-state index in [0.29, 0.717) is 0 Å². The van der Waals surface area contributed by atoms with E-state index in [4.69, 9.17) is 0 Å². The maximum Gasteiger partial charge on any atom is 0.0544 e. The minimum absolute atomic E-state index is 0.223. The number of nitrogens with zero attached hydrogens (tertiary/aromatic N) is 2. The van der Waals surface area contributed by atoms with Crippen LogP contribution in [-0.2, 0) is 5.54 Å². The van der Waals surface area contributed by atoms with Crippen molar-refractivity contribution in [2.24, 2.45) is 0 Å². The highest BCUT2D eigenvalue weighted by Gasteiger charge is 2.43. The Morgan fingerprint density at radius 2 is 2.50 bits per heavy atom. The van der Waals surface area contributed by atoms with Crippen molar-refractivity contribution in [1.29, 1.82) is 0 Å². The minimum Gasteiger partial charge on any atom is -0.310 e. The highest BCUT2D eigenvalue weighted by molar-refractivity contribution is 5.28. The Labute approximate surface area is 72.1 Å². The van der Waals surface area contributed by atoms with E-state index in [0.717, 1.165) is 0 Å². The van der Waals surface area contributed by atoms with Gasteiger partial charge in [-0.2, -0.15) is 5.10 Å². The van der Waals surface area contributed by atoms with Gasteiger partial charge in [0.05, 0.1) is 6.20 Å². The SMILES string of the molecule is C=Cn1cc(C2(NC)CC2)cn1. The van der Waals surface area contributed by atoms with Crippen molar-refractivity contribution in [2.45, 2.75) is 18.4 Å². The van der Waals surface area contributed by atoms with Gasteiger partial charge in [-0.3, -0.25) is 0 Å². The summed E-state index contributed by atoms with van der Waals surface area (Å²) in [5.74, 6) is 0. The van der Waals surface area contributed by atoms with E-state index in [1.807, 2.05) is 19.4 Å². The fraction of sp³-hybridized carbons (Fsp3) is 0.444. The van der Waals surface area contributed by atoms with Crippen molar-refractivity contribution in [3.8, 4) is 0 Å². The Morgan fingerprint density at radius 3 is 2.92 bits per heavy atom. The summed E-state index contributed by atoms with van der Waals surface area (Å²) in [6, 6.07) is 0. The third-order valence-electron chi connectivity index (χ3n) is 2.57. The normalized spacial score (nSPS) is 19.1. The third-order valence-corrected chi connectivity index (χ3v) is 2.57. The summed E-state index contributed by atoms with van der Waals surface area (Å²) in [7, 11) is 2.00. The summed E-state index contributed by atoms with van der Waals surface area (Å²) < 4.78 is 1.74. The van der Waals surface area contributed by atoms with Crippen LogP contribution >= 0.6 is 0 Å².